The predicted octanol–water partition coefficient (Wildman–Crippen LogP) is 5.85. The van der Waals surface area contributed by atoms with Crippen molar-refractivity contribution >= 4 is 23.0 Å². The van der Waals surface area contributed by atoms with E-state index in [1.54, 1.807) is 7.11 Å². The van der Waals surface area contributed by atoms with Crippen molar-refractivity contribution in [3.63, 3.8) is 0 Å². The van der Waals surface area contributed by atoms with E-state index >= 15 is 0 Å². The number of para-hydroxylation sites is 2. The van der Waals surface area contributed by atoms with Gasteiger partial charge in [-0.3, -0.25) is 4.98 Å². The fourth-order valence-corrected chi connectivity index (χ4v) is 4.92. The maximum absolute atomic E-state index is 5.88. The number of hydrogen-bond donors (Lipinski definition) is 1. The number of benzene rings is 2. The minimum Gasteiger partial charge on any atom is -0.495 e. The maximum atomic E-state index is 5.88. The van der Waals surface area contributed by atoms with E-state index in [-0.39, 0.29) is 18.2 Å². The van der Waals surface area contributed by atoms with Crippen molar-refractivity contribution in [3.8, 4) is 17.2 Å². The third kappa shape index (κ3) is 4.47. The molecule has 0 amide bonds. The molecular weight excluding hydrogens is 456 g/mol. The normalized spacial score (nSPS) is 17.5. The Kier molecular flexibility index (Phi) is 6.42. The Bertz CT molecular complexity index is 1300. The van der Waals surface area contributed by atoms with Crippen LogP contribution >= 0.6 is 12.2 Å². The van der Waals surface area contributed by atoms with E-state index in [4.69, 9.17) is 21.7 Å². The average molecular weight is 485 g/mol. The Morgan fingerprint density at radius 3 is 2.43 bits per heavy atom. The van der Waals surface area contributed by atoms with E-state index in [2.05, 4.69) is 56.3 Å². The van der Waals surface area contributed by atoms with Crippen molar-refractivity contribution in [2.75, 3.05) is 12.0 Å². The standard InChI is InChI=1S/C28H28N4O2S/c1-19(2)34-21-15-13-20(14-16-21)32-27(26(30-28(32)35)22-9-6-7-17-29-22)24-11-8-18-31(24)23-10-4-5-12-25(23)33-3/h4-19,26-27H,1-3H3,(H,30,35)/t26-,27-/m0/s1. The predicted molar refractivity (Wildman–Crippen MR) is 142 cm³/mol. The van der Waals surface area contributed by atoms with Crippen LogP contribution in [0.15, 0.2) is 91.3 Å². The molecule has 1 fully saturated rings. The van der Waals surface area contributed by atoms with Gasteiger partial charge in [0.2, 0.25) is 0 Å². The zero-order valence-corrected chi connectivity index (χ0v) is 20.8. The Morgan fingerprint density at radius 2 is 1.71 bits per heavy atom. The molecule has 7 heteroatoms. The van der Waals surface area contributed by atoms with Gasteiger partial charge in [0.15, 0.2) is 5.11 Å². The lowest BCUT2D eigenvalue weighted by atomic mass is 10.0. The lowest BCUT2D eigenvalue weighted by Gasteiger charge is -2.29. The molecule has 35 heavy (non-hydrogen) atoms. The summed E-state index contributed by atoms with van der Waals surface area (Å²) in [6.45, 7) is 4.04. The molecule has 0 saturated carbocycles. The summed E-state index contributed by atoms with van der Waals surface area (Å²) < 4.78 is 13.7. The highest BCUT2D eigenvalue weighted by Crippen LogP contribution is 2.43. The number of anilines is 1. The Hall–Kier alpha value is -3.84. The third-order valence-corrected chi connectivity index (χ3v) is 6.33. The van der Waals surface area contributed by atoms with Gasteiger partial charge in [-0.15, -0.1) is 0 Å². The molecule has 1 aliphatic rings. The summed E-state index contributed by atoms with van der Waals surface area (Å²) in [7, 11) is 1.69. The molecule has 1 aliphatic heterocycles. The van der Waals surface area contributed by atoms with Crippen LogP contribution in [0, 0.1) is 0 Å². The lowest BCUT2D eigenvalue weighted by molar-refractivity contribution is 0.242. The van der Waals surface area contributed by atoms with Crippen LogP contribution in [0.2, 0.25) is 0 Å². The molecule has 1 saturated heterocycles. The minimum absolute atomic E-state index is 0.112. The highest BCUT2D eigenvalue weighted by atomic mass is 32.1. The van der Waals surface area contributed by atoms with Gasteiger partial charge in [0.1, 0.15) is 17.5 Å². The molecule has 6 nitrogen and oxygen atoms in total. The van der Waals surface area contributed by atoms with Crippen LogP contribution in [-0.4, -0.2) is 27.9 Å². The van der Waals surface area contributed by atoms with E-state index in [1.807, 2.05) is 68.6 Å². The van der Waals surface area contributed by atoms with Crippen LogP contribution in [0.4, 0.5) is 5.69 Å². The molecule has 0 spiro atoms. The van der Waals surface area contributed by atoms with E-state index in [0.717, 1.165) is 34.3 Å². The van der Waals surface area contributed by atoms with Crippen molar-refractivity contribution in [1.29, 1.82) is 0 Å². The summed E-state index contributed by atoms with van der Waals surface area (Å²) in [6, 6.07) is 26.0. The quantitative estimate of drug-likeness (QED) is 0.332. The van der Waals surface area contributed by atoms with Crippen LogP contribution in [0.25, 0.3) is 5.69 Å². The first-order valence-corrected chi connectivity index (χ1v) is 12.1. The monoisotopic (exact) mass is 484 g/mol. The van der Waals surface area contributed by atoms with E-state index in [9.17, 15) is 0 Å². The number of hydrogen-bond acceptors (Lipinski definition) is 4. The lowest BCUT2D eigenvalue weighted by Crippen LogP contribution is -2.30. The number of nitrogens with one attached hydrogen (secondary N) is 1. The number of nitrogens with zero attached hydrogens (tertiary/aromatic N) is 3. The fourth-order valence-electron chi connectivity index (χ4n) is 4.57. The van der Waals surface area contributed by atoms with Gasteiger partial charge in [-0.25, -0.2) is 0 Å². The molecular formula is C28H28N4O2S. The van der Waals surface area contributed by atoms with Gasteiger partial charge in [0.05, 0.1) is 30.6 Å². The van der Waals surface area contributed by atoms with Crippen LogP contribution in [0.1, 0.15) is 37.3 Å². The second-order valence-electron chi connectivity index (χ2n) is 8.63. The number of rotatable bonds is 7. The summed E-state index contributed by atoms with van der Waals surface area (Å²) in [5, 5.41) is 4.18. The number of methoxy groups -OCH3 is 1. The molecule has 0 radical (unpaired) electrons. The number of ether oxygens (including phenoxy) is 2. The second-order valence-corrected chi connectivity index (χ2v) is 9.02. The molecule has 2 atom stereocenters. The van der Waals surface area contributed by atoms with Crippen LogP contribution < -0.4 is 19.7 Å². The molecule has 5 rings (SSSR count). The maximum Gasteiger partial charge on any atom is 0.174 e. The van der Waals surface area contributed by atoms with Gasteiger partial charge in [-0.1, -0.05) is 18.2 Å². The molecule has 2 aromatic carbocycles. The van der Waals surface area contributed by atoms with Crippen LogP contribution in [-0.2, 0) is 0 Å². The Balaban J connectivity index is 1.62. The first-order valence-electron chi connectivity index (χ1n) is 11.6. The van der Waals surface area contributed by atoms with E-state index in [0.29, 0.717) is 5.11 Å². The smallest absolute Gasteiger partial charge is 0.174 e. The Morgan fingerprint density at radius 1 is 0.943 bits per heavy atom. The summed E-state index contributed by atoms with van der Waals surface area (Å²) in [6.07, 6.45) is 3.99. The minimum atomic E-state index is -0.144. The molecule has 3 heterocycles. The van der Waals surface area contributed by atoms with Gasteiger partial charge in [-0.05, 0) is 86.7 Å². The zero-order chi connectivity index (χ0) is 24.4. The Labute approximate surface area is 211 Å². The van der Waals surface area contributed by atoms with Crippen LogP contribution in [0.5, 0.6) is 11.5 Å². The van der Waals surface area contributed by atoms with Crippen molar-refractivity contribution < 1.29 is 9.47 Å². The van der Waals surface area contributed by atoms with Crippen molar-refractivity contribution in [1.82, 2.24) is 14.9 Å². The summed E-state index contributed by atoms with van der Waals surface area (Å²) in [4.78, 5) is 6.83. The summed E-state index contributed by atoms with van der Waals surface area (Å²) in [5.41, 5.74) is 3.94. The number of thiocarbonyl (C=S) groups is 1. The van der Waals surface area contributed by atoms with Gasteiger partial charge >= 0.3 is 0 Å². The fraction of sp³-hybridized carbons (Fsp3) is 0.214. The molecule has 178 valence electrons. The zero-order valence-electron chi connectivity index (χ0n) is 20.0. The topological polar surface area (TPSA) is 51.5 Å². The third-order valence-electron chi connectivity index (χ3n) is 6.01. The van der Waals surface area contributed by atoms with Crippen molar-refractivity contribution in [2.24, 2.45) is 0 Å². The largest absolute Gasteiger partial charge is 0.495 e. The van der Waals surface area contributed by atoms with Crippen molar-refractivity contribution in [2.45, 2.75) is 32.0 Å². The molecule has 0 bridgehead atoms. The van der Waals surface area contributed by atoms with Crippen LogP contribution in [0.3, 0.4) is 0 Å². The van der Waals surface area contributed by atoms with Gasteiger partial charge in [0, 0.05) is 23.8 Å². The molecule has 0 unspecified atom stereocenters. The van der Waals surface area contributed by atoms with Crippen molar-refractivity contribution in [3.05, 3.63) is 103 Å². The number of pyridine rings is 1. The SMILES string of the molecule is COc1ccccc1-n1cccc1[C@H]1[C@H](c2ccccn2)NC(=S)N1c1ccc(OC(C)C)cc1. The van der Waals surface area contributed by atoms with Gasteiger partial charge in [-0.2, -0.15) is 0 Å². The van der Waals surface area contributed by atoms with Gasteiger partial charge in [0.25, 0.3) is 0 Å². The number of aromatic nitrogens is 2. The van der Waals surface area contributed by atoms with Gasteiger partial charge < -0.3 is 24.3 Å². The summed E-state index contributed by atoms with van der Waals surface area (Å²) >= 11 is 5.88. The van der Waals surface area contributed by atoms with E-state index < -0.39 is 0 Å². The molecule has 0 aliphatic carbocycles. The summed E-state index contributed by atoms with van der Waals surface area (Å²) in [5.74, 6) is 1.63. The molecule has 1 N–H and O–H groups in total. The first-order chi connectivity index (χ1) is 17.1. The first kappa shape index (κ1) is 22.9. The highest BCUT2D eigenvalue weighted by molar-refractivity contribution is 7.80. The highest BCUT2D eigenvalue weighted by Gasteiger charge is 2.42. The molecule has 2 aromatic heterocycles. The molecule has 4 aromatic rings. The second kappa shape index (κ2) is 9.80. The van der Waals surface area contributed by atoms with E-state index in [1.165, 1.54) is 0 Å². The average Bonchev–Trinajstić information content (AvgIpc) is 3.49.